The second-order valence-corrected chi connectivity index (χ2v) is 5.98. The van der Waals surface area contributed by atoms with Crippen molar-refractivity contribution in [3.63, 3.8) is 0 Å². The van der Waals surface area contributed by atoms with Gasteiger partial charge in [-0.05, 0) is 42.7 Å². The van der Waals surface area contributed by atoms with Crippen LogP contribution in [0.15, 0.2) is 67.3 Å². The van der Waals surface area contributed by atoms with Crippen LogP contribution in [-0.2, 0) is 11.2 Å². The molecule has 3 rings (SSSR count). The highest BCUT2D eigenvalue weighted by Gasteiger charge is 2.11. The van der Waals surface area contributed by atoms with E-state index in [4.69, 9.17) is 0 Å². The number of imidazole rings is 1. The third-order valence-electron chi connectivity index (χ3n) is 4.19. The minimum atomic E-state index is -0.0753. The number of phenols is 1. The number of aromatic hydroxyl groups is 1. The van der Waals surface area contributed by atoms with Gasteiger partial charge in [-0.15, -0.1) is 0 Å². The molecule has 2 aromatic carbocycles. The van der Waals surface area contributed by atoms with Crippen molar-refractivity contribution >= 4 is 5.91 Å². The number of carbonyl (C=O) groups is 1. The predicted molar refractivity (Wildman–Crippen MR) is 96.5 cm³/mol. The molecule has 0 radical (unpaired) electrons. The van der Waals surface area contributed by atoms with E-state index in [1.54, 1.807) is 24.7 Å². The molecule has 0 saturated carbocycles. The van der Waals surface area contributed by atoms with Crippen LogP contribution in [0, 0.1) is 0 Å². The zero-order valence-electron chi connectivity index (χ0n) is 14.1. The maximum atomic E-state index is 12.2. The fourth-order valence-electron chi connectivity index (χ4n) is 2.71. The molecule has 3 aromatic rings. The van der Waals surface area contributed by atoms with E-state index in [9.17, 15) is 9.90 Å². The summed E-state index contributed by atoms with van der Waals surface area (Å²) in [6, 6.07) is 15.0. The molecule has 5 heteroatoms. The molecule has 0 aliphatic carbocycles. The molecule has 5 nitrogen and oxygen atoms in total. The maximum Gasteiger partial charge on any atom is 0.220 e. The Bertz CT molecular complexity index is 826. The molecule has 1 atom stereocenters. The van der Waals surface area contributed by atoms with Crippen molar-refractivity contribution in [2.45, 2.75) is 25.8 Å². The van der Waals surface area contributed by atoms with Crippen LogP contribution in [0.1, 0.15) is 30.5 Å². The third-order valence-corrected chi connectivity index (χ3v) is 4.19. The van der Waals surface area contributed by atoms with E-state index in [1.165, 1.54) is 0 Å². The van der Waals surface area contributed by atoms with Crippen LogP contribution in [0.2, 0.25) is 0 Å². The Labute approximate surface area is 147 Å². The summed E-state index contributed by atoms with van der Waals surface area (Å²) in [6.45, 7) is 1.96. The minimum Gasteiger partial charge on any atom is -0.508 e. The Kier molecular flexibility index (Phi) is 5.14. The predicted octanol–water partition coefficient (Wildman–Crippen LogP) is 3.39. The van der Waals surface area contributed by atoms with E-state index in [0.717, 1.165) is 16.8 Å². The first kappa shape index (κ1) is 16.8. The maximum absolute atomic E-state index is 12.2. The molecule has 0 aliphatic rings. The first-order chi connectivity index (χ1) is 12.1. The molecule has 0 saturated heterocycles. The van der Waals surface area contributed by atoms with Gasteiger partial charge in [0.1, 0.15) is 5.75 Å². The monoisotopic (exact) mass is 335 g/mol. The lowest BCUT2D eigenvalue weighted by molar-refractivity contribution is -0.121. The van der Waals surface area contributed by atoms with Gasteiger partial charge in [-0.3, -0.25) is 4.79 Å². The van der Waals surface area contributed by atoms with Crippen LogP contribution < -0.4 is 5.32 Å². The van der Waals surface area contributed by atoms with Gasteiger partial charge in [0.05, 0.1) is 12.4 Å². The van der Waals surface area contributed by atoms with Crippen LogP contribution in [0.3, 0.4) is 0 Å². The summed E-state index contributed by atoms with van der Waals surface area (Å²) in [4.78, 5) is 16.2. The van der Waals surface area contributed by atoms with E-state index in [1.807, 2.05) is 54.1 Å². The molecule has 0 fully saturated rings. The van der Waals surface area contributed by atoms with Gasteiger partial charge in [-0.2, -0.15) is 0 Å². The summed E-state index contributed by atoms with van der Waals surface area (Å²) < 4.78 is 1.93. The highest BCUT2D eigenvalue weighted by Crippen LogP contribution is 2.18. The van der Waals surface area contributed by atoms with E-state index >= 15 is 0 Å². The number of hydrogen-bond acceptors (Lipinski definition) is 3. The largest absolute Gasteiger partial charge is 0.508 e. The summed E-state index contributed by atoms with van der Waals surface area (Å²) in [5, 5.41) is 12.7. The van der Waals surface area contributed by atoms with Crippen molar-refractivity contribution in [3.8, 4) is 11.4 Å². The number of aryl methyl sites for hydroxylation is 1. The molecular formula is C20H21N3O2. The third kappa shape index (κ3) is 4.26. The highest BCUT2D eigenvalue weighted by atomic mass is 16.3. The lowest BCUT2D eigenvalue weighted by Gasteiger charge is -2.15. The second-order valence-electron chi connectivity index (χ2n) is 5.98. The summed E-state index contributed by atoms with van der Waals surface area (Å²) in [5.74, 6) is 0.202. The van der Waals surface area contributed by atoms with E-state index in [2.05, 4.69) is 10.3 Å². The number of carbonyl (C=O) groups excluding carboxylic acids is 1. The van der Waals surface area contributed by atoms with Gasteiger partial charge in [0.25, 0.3) is 0 Å². The van der Waals surface area contributed by atoms with Gasteiger partial charge >= 0.3 is 0 Å². The molecule has 128 valence electrons. The Hall–Kier alpha value is -3.08. The van der Waals surface area contributed by atoms with Crippen molar-refractivity contribution in [1.29, 1.82) is 0 Å². The number of nitrogens with one attached hydrogen (secondary N) is 1. The number of para-hydroxylation sites is 1. The number of amides is 1. The summed E-state index contributed by atoms with van der Waals surface area (Å²) in [6.07, 6.45) is 6.24. The van der Waals surface area contributed by atoms with Crippen molar-refractivity contribution in [2.24, 2.45) is 0 Å². The molecule has 1 heterocycles. The van der Waals surface area contributed by atoms with E-state index in [0.29, 0.717) is 12.8 Å². The molecule has 0 bridgehead atoms. The normalized spacial score (nSPS) is 11.9. The Morgan fingerprint density at radius 2 is 1.96 bits per heavy atom. The van der Waals surface area contributed by atoms with Crippen molar-refractivity contribution in [3.05, 3.63) is 78.4 Å². The van der Waals surface area contributed by atoms with Gasteiger partial charge in [0.15, 0.2) is 0 Å². The fourth-order valence-corrected chi connectivity index (χ4v) is 2.71. The highest BCUT2D eigenvalue weighted by molar-refractivity contribution is 5.76. The first-order valence-corrected chi connectivity index (χ1v) is 8.28. The van der Waals surface area contributed by atoms with Crippen LogP contribution in [0.4, 0.5) is 0 Å². The van der Waals surface area contributed by atoms with Crippen LogP contribution in [0.5, 0.6) is 5.75 Å². The quantitative estimate of drug-likeness (QED) is 0.725. The standard InChI is InChI=1S/C20H21N3O2/c1-15(16-6-9-18(10-7-16)23-13-12-21-14-23)22-20(25)11-8-17-4-2-3-5-19(17)24/h2-7,9-10,12-15,24H,8,11H2,1H3,(H,22,25)/t15-/m1/s1. The van der Waals surface area contributed by atoms with Crippen LogP contribution in [-0.4, -0.2) is 20.6 Å². The lowest BCUT2D eigenvalue weighted by Crippen LogP contribution is -2.26. The Balaban J connectivity index is 1.55. The number of hydrogen-bond donors (Lipinski definition) is 2. The molecule has 0 unspecified atom stereocenters. The first-order valence-electron chi connectivity index (χ1n) is 8.28. The zero-order chi connectivity index (χ0) is 17.6. The molecule has 1 aromatic heterocycles. The SMILES string of the molecule is C[C@@H](NC(=O)CCc1ccccc1O)c1ccc(-n2ccnc2)cc1. The Morgan fingerprint density at radius 1 is 1.20 bits per heavy atom. The molecule has 25 heavy (non-hydrogen) atoms. The fraction of sp³-hybridized carbons (Fsp3) is 0.200. The van der Waals surface area contributed by atoms with E-state index in [-0.39, 0.29) is 17.7 Å². The van der Waals surface area contributed by atoms with Crippen molar-refractivity contribution in [2.75, 3.05) is 0 Å². The van der Waals surface area contributed by atoms with Crippen molar-refractivity contribution in [1.82, 2.24) is 14.9 Å². The van der Waals surface area contributed by atoms with Gasteiger partial charge in [-0.1, -0.05) is 30.3 Å². The molecule has 2 N–H and O–H groups in total. The topological polar surface area (TPSA) is 67.2 Å². The molecule has 1 amide bonds. The van der Waals surface area contributed by atoms with Gasteiger partial charge < -0.3 is 15.0 Å². The summed E-state index contributed by atoms with van der Waals surface area (Å²) in [7, 11) is 0. The average molecular weight is 335 g/mol. The number of rotatable bonds is 6. The average Bonchev–Trinajstić information content (AvgIpc) is 3.16. The molecule has 0 spiro atoms. The zero-order valence-corrected chi connectivity index (χ0v) is 14.1. The summed E-state index contributed by atoms with van der Waals surface area (Å²) in [5.41, 5.74) is 2.86. The van der Waals surface area contributed by atoms with E-state index < -0.39 is 0 Å². The van der Waals surface area contributed by atoms with Gasteiger partial charge in [0, 0.05) is 24.5 Å². The lowest BCUT2D eigenvalue weighted by atomic mass is 10.1. The second kappa shape index (κ2) is 7.66. The van der Waals surface area contributed by atoms with Crippen molar-refractivity contribution < 1.29 is 9.90 Å². The number of nitrogens with zero attached hydrogens (tertiary/aromatic N) is 2. The molecular weight excluding hydrogens is 314 g/mol. The smallest absolute Gasteiger partial charge is 0.220 e. The van der Waals surface area contributed by atoms with Crippen LogP contribution in [0.25, 0.3) is 5.69 Å². The Morgan fingerprint density at radius 3 is 2.64 bits per heavy atom. The number of phenolic OH excluding ortho intramolecular Hbond substituents is 1. The number of aromatic nitrogens is 2. The number of benzene rings is 2. The summed E-state index contributed by atoms with van der Waals surface area (Å²) >= 11 is 0. The minimum absolute atomic E-state index is 0.0329. The van der Waals surface area contributed by atoms with Crippen LogP contribution >= 0.6 is 0 Å². The van der Waals surface area contributed by atoms with Gasteiger partial charge in [-0.25, -0.2) is 4.98 Å². The van der Waals surface area contributed by atoms with Gasteiger partial charge in [0.2, 0.25) is 5.91 Å². The molecule has 0 aliphatic heterocycles.